The van der Waals surface area contributed by atoms with Crippen LogP contribution in [0.4, 0.5) is 0 Å². The van der Waals surface area contributed by atoms with Crippen LogP contribution in [0.1, 0.15) is 44.9 Å². The molecule has 3 atom stereocenters. The summed E-state index contributed by atoms with van der Waals surface area (Å²) in [4.78, 5) is 11.8. The quantitative estimate of drug-likeness (QED) is 0.769. The van der Waals surface area contributed by atoms with E-state index in [9.17, 15) is 4.79 Å². The first kappa shape index (κ1) is 11.1. The summed E-state index contributed by atoms with van der Waals surface area (Å²) in [5, 5.41) is 0. The van der Waals surface area contributed by atoms with Crippen molar-refractivity contribution in [3.63, 3.8) is 0 Å². The Morgan fingerprint density at radius 2 is 2.20 bits per heavy atom. The van der Waals surface area contributed by atoms with Gasteiger partial charge in [-0.15, -0.1) is 0 Å². The second-order valence-electron chi connectivity index (χ2n) is 4.91. The maximum absolute atomic E-state index is 11.8. The zero-order valence-corrected chi connectivity index (χ0v) is 9.28. The van der Waals surface area contributed by atoms with E-state index in [0.29, 0.717) is 18.3 Å². The molecule has 3 unspecified atom stereocenters. The predicted molar refractivity (Wildman–Crippen MR) is 58.5 cm³/mol. The Hall–Kier alpha value is -0.410. The van der Waals surface area contributed by atoms with Crippen molar-refractivity contribution in [3.8, 4) is 0 Å². The number of rotatable bonds is 4. The van der Waals surface area contributed by atoms with Gasteiger partial charge in [0.25, 0.3) is 0 Å². The summed E-state index contributed by atoms with van der Waals surface area (Å²) in [7, 11) is 0. The minimum absolute atomic E-state index is 0.251. The average molecular weight is 211 g/mol. The molecule has 2 rings (SSSR count). The summed E-state index contributed by atoms with van der Waals surface area (Å²) in [6, 6.07) is 0.265. The maximum Gasteiger partial charge on any atom is 0.136 e. The summed E-state index contributed by atoms with van der Waals surface area (Å²) in [6.45, 7) is 0.882. The monoisotopic (exact) mass is 211 g/mol. The van der Waals surface area contributed by atoms with Gasteiger partial charge >= 0.3 is 0 Å². The van der Waals surface area contributed by atoms with Gasteiger partial charge in [-0.05, 0) is 38.5 Å². The van der Waals surface area contributed by atoms with E-state index in [0.717, 1.165) is 45.1 Å². The third-order valence-corrected chi connectivity index (χ3v) is 3.67. The molecule has 15 heavy (non-hydrogen) atoms. The van der Waals surface area contributed by atoms with Crippen LogP contribution in [0.3, 0.4) is 0 Å². The highest BCUT2D eigenvalue weighted by molar-refractivity contribution is 5.81. The molecule has 0 spiro atoms. The van der Waals surface area contributed by atoms with Crippen LogP contribution in [0.2, 0.25) is 0 Å². The standard InChI is InChI=1S/C12H21NO2/c13-10-4-3-9(8-10)12(14)6-5-11-2-1-7-15-11/h9-11H,1-8,13H2. The number of nitrogens with two attached hydrogens (primary N) is 1. The molecule has 0 aromatic rings. The van der Waals surface area contributed by atoms with Crippen molar-refractivity contribution in [1.29, 1.82) is 0 Å². The molecule has 1 aliphatic carbocycles. The van der Waals surface area contributed by atoms with Gasteiger partial charge in [0.1, 0.15) is 5.78 Å². The van der Waals surface area contributed by atoms with E-state index in [4.69, 9.17) is 10.5 Å². The minimum Gasteiger partial charge on any atom is -0.378 e. The Morgan fingerprint density at radius 1 is 1.33 bits per heavy atom. The van der Waals surface area contributed by atoms with Gasteiger partial charge in [0.05, 0.1) is 6.10 Å². The fourth-order valence-corrected chi connectivity index (χ4v) is 2.69. The molecule has 0 aromatic carbocycles. The van der Waals surface area contributed by atoms with Crippen LogP contribution in [0.15, 0.2) is 0 Å². The van der Waals surface area contributed by atoms with Gasteiger partial charge in [-0.25, -0.2) is 0 Å². The second kappa shape index (κ2) is 5.08. The van der Waals surface area contributed by atoms with Crippen LogP contribution in [-0.2, 0) is 9.53 Å². The molecule has 2 aliphatic rings. The highest BCUT2D eigenvalue weighted by atomic mass is 16.5. The zero-order chi connectivity index (χ0) is 10.7. The smallest absolute Gasteiger partial charge is 0.136 e. The van der Waals surface area contributed by atoms with E-state index < -0.39 is 0 Å². The van der Waals surface area contributed by atoms with Crippen molar-refractivity contribution in [3.05, 3.63) is 0 Å². The van der Waals surface area contributed by atoms with Gasteiger partial charge in [-0.2, -0.15) is 0 Å². The van der Waals surface area contributed by atoms with Crippen molar-refractivity contribution >= 4 is 5.78 Å². The lowest BCUT2D eigenvalue weighted by Gasteiger charge is -2.11. The van der Waals surface area contributed by atoms with Crippen molar-refractivity contribution in [2.45, 2.75) is 57.1 Å². The van der Waals surface area contributed by atoms with Gasteiger partial charge in [0, 0.05) is 25.0 Å². The Bertz CT molecular complexity index is 224. The highest BCUT2D eigenvalue weighted by Crippen LogP contribution is 2.27. The lowest BCUT2D eigenvalue weighted by molar-refractivity contribution is -0.123. The fraction of sp³-hybridized carbons (Fsp3) is 0.917. The summed E-state index contributed by atoms with van der Waals surface area (Å²) < 4.78 is 5.51. The van der Waals surface area contributed by atoms with Crippen LogP contribution in [0.5, 0.6) is 0 Å². The molecular formula is C12H21NO2. The van der Waals surface area contributed by atoms with Crippen LogP contribution < -0.4 is 5.73 Å². The van der Waals surface area contributed by atoms with Gasteiger partial charge in [0.15, 0.2) is 0 Å². The van der Waals surface area contributed by atoms with Crippen molar-refractivity contribution in [1.82, 2.24) is 0 Å². The first-order valence-corrected chi connectivity index (χ1v) is 6.15. The Kier molecular flexibility index (Phi) is 3.76. The summed E-state index contributed by atoms with van der Waals surface area (Å²) in [5.41, 5.74) is 5.80. The summed E-state index contributed by atoms with van der Waals surface area (Å²) in [6.07, 6.45) is 7.20. The number of carbonyl (C=O) groups excluding carboxylic acids is 1. The summed E-state index contributed by atoms with van der Waals surface area (Å²) >= 11 is 0. The largest absolute Gasteiger partial charge is 0.378 e. The van der Waals surface area contributed by atoms with Crippen LogP contribution in [0, 0.1) is 5.92 Å². The molecule has 1 aliphatic heterocycles. The third-order valence-electron chi connectivity index (χ3n) is 3.67. The van der Waals surface area contributed by atoms with Crippen LogP contribution in [-0.4, -0.2) is 24.5 Å². The molecular weight excluding hydrogens is 190 g/mol. The van der Waals surface area contributed by atoms with E-state index >= 15 is 0 Å². The molecule has 1 heterocycles. The van der Waals surface area contributed by atoms with E-state index in [1.165, 1.54) is 0 Å². The number of hydrogen-bond acceptors (Lipinski definition) is 3. The Morgan fingerprint density at radius 3 is 2.80 bits per heavy atom. The van der Waals surface area contributed by atoms with Crippen molar-refractivity contribution < 1.29 is 9.53 Å². The zero-order valence-electron chi connectivity index (χ0n) is 9.28. The maximum atomic E-state index is 11.8. The first-order chi connectivity index (χ1) is 7.25. The molecule has 3 heteroatoms. The van der Waals surface area contributed by atoms with Crippen molar-refractivity contribution in [2.24, 2.45) is 11.7 Å². The van der Waals surface area contributed by atoms with Crippen LogP contribution >= 0.6 is 0 Å². The first-order valence-electron chi connectivity index (χ1n) is 6.15. The third kappa shape index (κ3) is 3.02. The second-order valence-corrected chi connectivity index (χ2v) is 4.91. The molecule has 2 N–H and O–H groups in total. The molecule has 0 aromatic heterocycles. The van der Waals surface area contributed by atoms with Crippen molar-refractivity contribution in [2.75, 3.05) is 6.61 Å². The fourth-order valence-electron chi connectivity index (χ4n) is 2.69. The molecule has 0 amide bonds. The van der Waals surface area contributed by atoms with Crippen LogP contribution in [0.25, 0.3) is 0 Å². The number of ether oxygens (including phenoxy) is 1. The lowest BCUT2D eigenvalue weighted by Crippen LogP contribution is -2.19. The predicted octanol–water partition coefficient (Wildman–Crippen LogP) is 1.64. The van der Waals surface area contributed by atoms with E-state index in [-0.39, 0.29) is 12.0 Å². The van der Waals surface area contributed by atoms with E-state index in [1.807, 2.05) is 0 Å². The molecule has 0 bridgehead atoms. The number of ketones is 1. The molecule has 0 radical (unpaired) electrons. The SMILES string of the molecule is NC1CCC(C(=O)CCC2CCCO2)C1. The van der Waals surface area contributed by atoms with Gasteiger partial charge in [-0.1, -0.05) is 0 Å². The number of hydrogen-bond donors (Lipinski definition) is 1. The molecule has 3 nitrogen and oxygen atoms in total. The minimum atomic E-state index is 0.251. The number of Topliss-reactive ketones (excluding diaryl/α,β-unsaturated/α-hetero) is 1. The lowest BCUT2D eigenvalue weighted by atomic mass is 9.97. The highest BCUT2D eigenvalue weighted by Gasteiger charge is 2.28. The van der Waals surface area contributed by atoms with E-state index in [2.05, 4.69) is 0 Å². The molecule has 86 valence electrons. The Balaban J connectivity index is 1.67. The van der Waals surface area contributed by atoms with E-state index in [1.54, 1.807) is 0 Å². The van der Waals surface area contributed by atoms with Gasteiger partial charge < -0.3 is 10.5 Å². The van der Waals surface area contributed by atoms with Gasteiger partial charge in [-0.3, -0.25) is 4.79 Å². The number of carbonyl (C=O) groups is 1. The molecule has 1 saturated heterocycles. The van der Waals surface area contributed by atoms with Gasteiger partial charge in [0.2, 0.25) is 0 Å². The summed E-state index contributed by atoms with van der Waals surface area (Å²) in [5.74, 6) is 0.667. The average Bonchev–Trinajstić information content (AvgIpc) is 2.84. The molecule has 1 saturated carbocycles. The molecule has 2 fully saturated rings. The Labute approximate surface area is 91.4 Å². The topological polar surface area (TPSA) is 52.3 Å². The normalized spacial score (nSPS) is 35.9.